The zero-order valence-electron chi connectivity index (χ0n) is 21.0. The fraction of sp³-hybridized carbons (Fsp3) is 0.500. The van der Waals surface area contributed by atoms with E-state index in [-0.39, 0.29) is 0 Å². The summed E-state index contributed by atoms with van der Waals surface area (Å²) in [6.07, 6.45) is 14.1. The Morgan fingerprint density at radius 3 is 2.30 bits per heavy atom. The summed E-state index contributed by atoms with van der Waals surface area (Å²) in [5.41, 5.74) is 5.25. The lowest BCUT2D eigenvalue weighted by Gasteiger charge is -2.14. The monoisotopic (exact) mass is 452 g/mol. The van der Waals surface area contributed by atoms with Gasteiger partial charge in [0.25, 0.3) is 0 Å². The first-order chi connectivity index (χ1) is 16.0. The maximum Gasteiger partial charge on any atom is 0.125 e. The summed E-state index contributed by atoms with van der Waals surface area (Å²) in [4.78, 5) is 9.36. The van der Waals surface area contributed by atoms with E-state index in [0.29, 0.717) is 6.61 Å². The molecule has 1 aromatic carbocycles. The quantitative estimate of drug-likeness (QED) is 0.126. The number of benzene rings is 1. The smallest absolute Gasteiger partial charge is 0.125 e. The summed E-state index contributed by atoms with van der Waals surface area (Å²) in [6, 6.07) is 8.27. The van der Waals surface area contributed by atoms with E-state index in [2.05, 4.69) is 48.3 Å². The highest BCUT2D eigenvalue weighted by Crippen LogP contribution is 2.28. The molecule has 0 unspecified atom stereocenters. The van der Waals surface area contributed by atoms with Crippen molar-refractivity contribution in [2.45, 2.75) is 72.6 Å². The Hall–Kier alpha value is -2.82. The van der Waals surface area contributed by atoms with E-state index < -0.39 is 0 Å². The largest absolute Gasteiger partial charge is 0.493 e. The molecule has 1 aromatic heterocycles. The molecule has 2 rings (SSSR count). The standard InChI is InChI=1S/C28H40N2O3/c1-6-7-17-32-27-19-22(2)28(23(3)20-27)33-18-13-11-9-8-10-12-14-26-16-15-25(21-29-26)24(4)30-31-5/h6-7,15-16,19-21H,8-14,17-18H2,1-5H3/b7-6+,30-24?. The van der Waals surface area contributed by atoms with Gasteiger partial charge >= 0.3 is 0 Å². The molecule has 180 valence electrons. The van der Waals surface area contributed by atoms with Crippen LogP contribution in [0.25, 0.3) is 0 Å². The molecule has 0 fully saturated rings. The Bertz CT molecular complexity index is 866. The van der Waals surface area contributed by atoms with Gasteiger partial charge in [-0.1, -0.05) is 43.0 Å². The van der Waals surface area contributed by atoms with Crippen molar-refractivity contribution in [2.24, 2.45) is 5.16 Å². The van der Waals surface area contributed by atoms with Crippen LogP contribution in [-0.2, 0) is 11.3 Å². The van der Waals surface area contributed by atoms with Crippen molar-refractivity contribution in [3.63, 3.8) is 0 Å². The number of pyridine rings is 1. The second-order valence-electron chi connectivity index (χ2n) is 8.38. The minimum absolute atomic E-state index is 0.599. The number of hydrogen-bond donors (Lipinski definition) is 0. The molecule has 0 aliphatic carbocycles. The summed E-state index contributed by atoms with van der Waals surface area (Å²) in [5.74, 6) is 1.90. The van der Waals surface area contributed by atoms with E-state index in [4.69, 9.17) is 14.3 Å². The zero-order chi connectivity index (χ0) is 23.9. The van der Waals surface area contributed by atoms with E-state index in [9.17, 15) is 0 Å². The molecule has 1 heterocycles. The van der Waals surface area contributed by atoms with Gasteiger partial charge in [-0.25, -0.2) is 0 Å². The third kappa shape index (κ3) is 9.68. The number of oxime groups is 1. The molecule has 0 atom stereocenters. The van der Waals surface area contributed by atoms with Crippen LogP contribution in [0.15, 0.2) is 47.8 Å². The van der Waals surface area contributed by atoms with Crippen LogP contribution >= 0.6 is 0 Å². The number of allylic oxidation sites excluding steroid dienone is 1. The molecule has 33 heavy (non-hydrogen) atoms. The first-order valence-electron chi connectivity index (χ1n) is 12.1. The predicted octanol–water partition coefficient (Wildman–Crippen LogP) is 6.99. The van der Waals surface area contributed by atoms with Crippen molar-refractivity contribution in [2.75, 3.05) is 20.3 Å². The highest BCUT2D eigenvalue weighted by atomic mass is 16.6. The van der Waals surface area contributed by atoms with Gasteiger partial charge in [-0.15, -0.1) is 0 Å². The van der Waals surface area contributed by atoms with E-state index in [0.717, 1.165) is 59.0 Å². The van der Waals surface area contributed by atoms with Gasteiger partial charge in [0.1, 0.15) is 25.2 Å². The molecule has 2 aromatic rings. The van der Waals surface area contributed by atoms with Gasteiger partial charge in [-0.3, -0.25) is 4.98 Å². The number of nitrogens with zero attached hydrogens (tertiary/aromatic N) is 2. The lowest BCUT2D eigenvalue weighted by molar-refractivity contribution is 0.213. The van der Waals surface area contributed by atoms with Crippen LogP contribution in [0.2, 0.25) is 0 Å². The van der Waals surface area contributed by atoms with Crippen LogP contribution in [0.3, 0.4) is 0 Å². The van der Waals surface area contributed by atoms with Gasteiger partial charge in [0, 0.05) is 17.5 Å². The Labute approximate surface area is 199 Å². The average Bonchev–Trinajstić information content (AvgIpc) is 2.80. The van der Waals surface area contributed by atoms with Gasteiger partial charge in [-0.2, -0.15) is 0 Å². The minimum atomic E-state index is 0.599. The van der Waals surface area contributed by atoms with E-state index >= 15 is 0 Å². The number of hydrogen-bond acceptors (Lipinski definition) is 5. The Balaban J connectivity index is 1.58. The van der Waals surface area contributed by atoms with Crippen molar-refractivity contribution < 1.29 is 14.3 Å². The molecule has 0 bridgehead atoms. The van der Waals surface area contributed by atoms with Gasteiger partial charge in [0.2, 0.25) is 0 Å². The molecule has 0 amide bonds. The molecule has 0 aliphatic heterocycles. The second kappa shape index (κ2) is 15.1. The lowest BCUT2D eigenvalue weighted by Crippen LogP contribution is -2.02. The molecule has 0 spiro atoms. The normalized spacial score (nSPS) is 11.7. The molecule has 0 saturated heterocycles. The summed E-state index contributed by atoms with van der Waals surface area (Å²) in [7, 11) is 1.56. The van der Waals surface area contributed by atoms with Crippen molar-refractivity contribution in [1.82, 2.24) is 4.98 Å². The predicted molar refractivity (Wildman–Crippen MR) is 137 cm³/mol. The number of ether oxygens (including phenoxy) is 2. The van der Waals surface area contributed by atoms with Crippen LogP contribution in [0.4, 0.5) is 0 Å². The molecular weight excluding hydrogens is 412 g/mol. The molecule has 0 N–H and O–H groups in total. The summed E-state index contributed by atoms with van der Waals surface area (Å²) in [6.45, 7) is 9.45. The van der Waals surface area contributed by atoms with Crippen molar-refractivity contribution in [3.05, 3.63) is 65.0 Å². The van der Waals surface area contributed by atoms with Crippen LogP contribution in [-0.4, -0.2) is 31.0 Å². The third-order valence-corrected chi connectivity index (χ3v) is 5.56. The molecule has 5 heteroatoms. The van der Waals surface area contributed by atoms with Gasteiger partial charge in [0.05, 0.1) is 12.3 Å². The van der Waals surface area contributed by atoms with Crippen LogP contribution in [0, 0.1) is 13.8 Å². The number of aromatic nitrogens is 1. The molecule has 5 nitrogen and oxygen atoms in total. The van der Waals surface area contributed by atoms with Crippen LogP contribution < -0.4 is 9.47 Å². The topological polar surface area (TPSA) is 52.9 Å². The number of aryl methyl sites for hydroxylation is 3. The number of unbranched alkanes of at least 4 members (excludes halogenated alkanes) is 5. The summed E-state index contributed by atoms with van der Waals surface area (Å²) < 4.78 is 11.8. The van der Waals surface area contributed by atoms with Crippen LogP contribution in [0.1, 0.15) is 74.8 Å². The molecule has 0 saturated carbocycles. The summed E-state index contributed by atoms with van der Waals surface area (Å²) >= 11 is 0. The van der Waals surface area contributed by atoms with Crippen molar-refractivity contribution in [1.29, 1.82) is 0 Å². The lowest BCUT2D eigenvalue weighted by atomic mass is 10.1. The van der Waals surface area contributed by atoms with Gasteiger partial charge < -0.3 is 14.3 Å². The van der Waals surface area contributed by atoms with E-state index in [1.807, 2.05) is 32.2 Å². The summed E-state index contributed by atoms with van der Waals surface area (Å²) in [5, 5.41) is 3.94. The van der Waals surface area contributed by atoms with Crippen molar-refractivity contribution in [3.8, 4) is 11.5 Å². The average molecular weight is 453 g/mol. The van der Waals surface area contributed by atoms with Gasteiger partial charge in [-0.05, 0) is 82.3 Å². The van der Waals surface area contributed by atoms with E-state index in [1.54, 1.807) is 7.11 Å². The Morgan fingerprint density at radius 1 is 0.970 bits per heavy atom. The first-order valence-corrected chi connectivity index (χ1v) is 12.1. The van der Waals surface area contributed by atoms with Crippen molar-refractivity contribution >= 4 is 5.71 Å². The van der Waals surface area contributed by atoms with E-state index in [1.165, 1.54) is 32.1 Å². The third-order valence-electron chi connectivity index (χ3n) is 5.56. The molecule has 0 radical (unpaired) electrons. The van der Waals surface area contributed by atoms with Crippen LogP contribution in [0.5, 0.6) is 11.5 Å². The molecule has 0 aliphatic rings. The first kappa shape index (κ1) is 26.4. The minimum Gasteiger partial charge on any atom is -0.493 e. The van der Waals surface area contributed by atoms with Gasteiger partial charge in [0.15, 0.2) is 0 Å². The molecular formula is C28H40N2O3. The highest BCUT2D eigenvalue weighted by Gasteiger charge is 2.07. The maximum atomic E-state index is 6.08. The zero-order valence-corrected chi connectivity index (χ0v) is 21.0. The highest BCUT2D eigenvalue weighted by molar-refractivity contribution is 5.97. The Morgan fingerprint density at radius 2 is 1.67 bits per heavy atom. The fourth-order valence-electron chi connectivity index (χ4n) is 3.73. The number of rotatable bonds is 15. The Kier molecular flexibility index (Phi) is 12.1. The maximum absolute atomic E-state index is 6.08. The second-order valence-corrected chi connectivity index (χ2v) is 8.38. The SMILES string of the molecule is C/C=C/COc1cc(C)c(OCCCCCCCCc2ccc(C(C)=NOC)cn2)c(C)c1. The fourth-order valence-corrected chi connectivity index (χ4v) is 3.73.